The van der Waals surface area contributed by atoms with Crippen LogP contribution in [0.3, 0.4) is 0 Å². The fraction of sp³-hybridized carbons (Fsp3) is 0.300. The van der Waals surface area contributed by atoms with Crippen LogP contribution in [-0.2, 0) is 11.3 Å². The Hall–Kier alpha value is -3.22. The van der Waals surface area contributed by atoms with Crippen molar-refractivity contribution in [3.8, 4) is 17.2 Å². The standard InChI is InChI=1S/C20H23NO6/c1-4-27-16-7-5-15(6-8-16)20(24)21(13-19(22)23)12-14-9-17(25-2)11-18(10-14)26-3/h5-11H,4,12-13H2,1-3H3,(H,22,23). The molecule has 1 amide bonds. The first-order chi connectivity index (χ1) is 13.0. The summed E-state index contributed by atoms with van der Waals surface area (Å²) in [5.41, 5.74) is 1.08. The van der Waals surface area contributed by atoms with Gasteiger partial charge in [-0.05, 0) is 48.9 Å². The first-order valence-electron chi connectivity index (χ1n) is 8.42. The quantitative estimate of drug-likeness (QED) is 0.727. The third-order valence-corrected chi connectivity index (χ3v) is 3.81. The summed E-state index contributed by atoms with van der Waals surface area (Å²) in [7, 11) is 3.05. The number of benzene rings is 2. The molecule has 0 saturated carbocycles. The molecule has 0 aliphatic heterocycles. The maximum Gasteiger partial charge on any atom is 0.323 e. The van der Waals surface area contributed by atoms with Crippen molar-refractivity contribution in [1.29, 1.82) is 0 Å². The molecule has 1 N–H and O–H groups in total. The molecule has 0 unspecified atom stereocenters. The van der Waals surface area contributed by atoms with Gasteiger partial charge in [0.25, 0.3) is 5.91 Å². The van der Waals surface area contributed by atoms with E-state index in [2.05, 4.69) is 0 Å². The smallest absolute Gasteiger partial charge is 0.323 e. The summed E-state index contributed by atoms with van der Waals surface area (Å²) < 4.78 is 15.8. The molecule has 0 heterocycles. The first-order valence-corrected chi connectivity index (χ1v) is 8.42. The number of amides is 1. The second-order valence-corrected chi connectivity index (χ2v) is 5.73. The zero-order chi connectivity index (χ0) is 19.8. The highest BCUT2D eigenvalue weighted by Gasteiger charge is 2.20. The Labute approximate surface area is 158 Å². The summed E-state index contributed by atoms with van der Waals surface area (Å²) in [5, 5.41) is 9.21. The Balaban J connectivity index is 2.26. The van der Waals surface area contributed by atoms with Crippen LogP contribution in [0.4, 0.5) is 0 Å². The zero-order valence-electron chi connectivity index (χ0n) is 15.6. The van der Waals surface area contributed by atoms with Crippen LogP contribution in [0.25, 0.3) is 0 Å². The van der Waals surface area contributed by atoms with Crippen LogP contribution < -0.4 is 14.2 Å². The third kappa shape index (κ3) is 5.64. The molecule has 0 fully saturated rings. The van der Waals surface area contributed by atoms with Gasteiger partial charge in [0.1, 0.15) is 23.8 Å². The molecule has 7 heteroatoms. The average molecular weight is 373 g/mol. The van der Waals surface area contributed by atoms with E-state index >= 15 is 0 Å². The summed E-state index contributed by atoms with van der Waals surface area (Å²) in [6.07, 6.45) is 0. The summed E-state index contributed by atoms with van der Waals surface area (Å²) in [5.74, 6) is 0.295. The molecule has 0 saturated heterocycles. The van der Waals surface area contributed by atoms with E-state index in [-0.39, 0.29) is 12.5 Å². The van der Waals surface area contributed by atoms with E-state index < -0.39 is 12.5 Å². The normalized spacial score (nSPS) is 10.2. The topological polar surface area (TPSA) is 85.3 Å². The molecule has 7 nitrogen and oxygen atoms in total. The van der Waals surface area contributed by atoms with Crippen molar-refractivity contribution in [3.63, 3.8) is 0 Å². The van der Waals surface area contributed by atoms with Crippen molar-refractivity contribution in [2.45, 2.75) is 13.5 Å². The first kappa shape index (κ1) is 20.1. The molecule has 144 valence electrons. The van der Waals surface area contributed by atoms with Crippen molar-refractivity contribution in [2.24, 2.45) is 0 Å². The molecule has 0 spiro atoms. The van der Waals surface area contributed by atoms with Crippen LogP contribution in [-0.4, -0.2) is 49.3 Å². The van der Waals surface area contributed by atoms with Gasteiger partial charge in [0.05, 0.1) is 20.8 Å². The van der Waals surface area contributed by atoms with Crippen molar-refractivity contribution in [2.75, 3.05) is 27.4 Å². The minimum Gasteiger partial charge on any atom is -0.497 e. The Morgan fingerprint density at radius 1 is 0.963 bits per heavy atom. The predicted octanol–water partition coefficient (Wildman–Crippen LogP) is 2.83. The lowest BCUT2D eigenvalue weighted by Crippen LogP contribution is -2.35. The summed E-state index contributed by atoms with van der Waals surface area (Å²) in [4.78, 5) is 25.3. The third-order valence-electron chi connectivity index (χ3n) is 3.81. The highest BCUT2D eigenvalue weighted by molar-refractivity contribution is 5.95. The predicted molar refractivity (Wildman–Crippen MR) is 99.5 cm³/mol. The second kappa shape index (κ2) is 9.47. The number of carboxylic acid groups (broad SMARTS) is 1. The highest BCUT2D eigenvalue weighted by Crippen LogP contribution is 2.24. The van der Waals surface area contributed by atoms with Crippen molar-refractivity contribution in [3.05, 3.63) is 53.6 Å². The summed E-state index contributed by atoms with van der Waals surface area (Å²) >= 11 is 0. The number of rotatable bonds is 9. The van der Waals surface area contributed by atoms with Gasteiger partial charge >= 0.3 is 5.97 Å². The van der Waals surface area contributed by atoms with Crippen LogP contribution in [0, 0.1) is 0 Å². The molecular weight excluding hydrogens is 350 g/mol. The lowest BCUT2D eigenvalue weighted by molar-refractivity contribution is -0.137. The summed E-state index contributed by atoms with van der Waals surface area (Å²) in [6, 6.07) is 11.8. The minimum atomic E-state index is -1.09. The van der Waals surface area contributed by atoms with Gasteiger partial charge in [0.2, 0.25) is 0 Å². The van der Waals surface area contributed by atoms with Gasteiger partial charge in [-0.2, -0.15) is 0 Å². The lowest BCUT2D eigenvalue weighted by atomic mass is 10.1. The second-order valence-electron chi connectivity index (χ2n) is 5.73. The van der Waals surface area contributed by atoms with Crippen LogP contribution in [0.1, 0.15) is 22.8 Å². The number of hydrogen-bond acceptors (Lipinski definition) is 5. The molecule has 0 aliphatic rings. The molecule has 2 aromatic rings. The maximum atomic E-state index is 12.8. The SMILES string of the molecule is CCOc1ccc(C(=O)N(CC(=O)O)Cc2cc(OC)cc(OC)c2)cc1. The fourth-order valence-electron chi connectivity index (χ4n) is 2.58. The van der Waals surface area contributed by atoms with Crippen molar-refractivity contribution >= 4 is 11.9 Å². The number of aliphatic carboxylic acids is 1. The van der Waals surface area contributed by atoms with Gasteiger partial charge in [-0.3, -0.25) is 9.59 Å². The van der Waals surface area contributed by atoms with Gasteiger partial charge in [0.15, 0.2) is 0 Å². The van der Waals surface area contributed by atoms with Crippen molar-refractivity contribution < 1.29 is 28.9 Å². The monoisotopic (exact) mass is 373 g/mol. The number of carbonyl (C=O) groups is 2. The number of hydrogen-bond donors (Lipinski definition) is 1. The average Bonchev–Trinajstić information content (AvgIpc) is 2.67. The molecule has 0 aromatic heterocycles. The fourth-order valence-corrected chi connectivity index (χ4v) is 2.58. The van der Waals surface area contributed by atoms with E-state index in [9.17, 15) is 14.7 Å². The largest absolute Gasteiger partial charge is 0.497 e. The molecule has 0 atom stereocenters. The maximum absolute atomic E-state index is 12.8. The molecule has 27 heavy (non-hydrogen) atoms. The van der Waals surface area contributed by atoms with Gasteiger partial charge in [-0.1, -0.05) is 0 Å². The van der Waals surface area contributed by atoms with E-state index in [1.807, 2.05) is 6.92 Å². The van der Waals surface area contributed by atoms with Gasteiger partial charge in [0, 0.05) is 18.2 Å². The number of nitrogens with zero attached hydrogens (tertiary/aromatic N) is 1. The molecule has 0 radical (unpaired) electrons. The number of carboxylic acids is 1. The minimum absolute atomic E-state index is 0.103. The van der Waals surface area contributed by atoms with Crippen LogP contribution in [0.2, 0.25) is 0 Å². The van der Waals surface area contributed by atoms with Crippen molar-refractivity contribution in [1.82, 2.24) is 4.90 Å². The van der Waals surface area contributed by atoms with Crippen LogP contribution in [0.5, 0.6) is 17.2 Å². The Morgan fingerprint density at radius 2 is 1.56 bits per heavy atom. The Morgan fingerprint density at radius 3 is 2.04 bits per heavy atom. The zero-order valence-corrected chi connectivity index (χ0v) is 15.6. The molecule has 0 aliphatic carbocycles. The van der Waals surface area contributed by atoms with Gasteiger partial charge in [-0.15, -0.1) is 0 Å². The van der Waals surface area contributed by atoms with E-state index in [4.69, 9.17) is 14.2 Å². The lowest BCUT2D eigenvalue weighted by Gasteiger charge is -2.22. The van der Waals surface area contributed by atoms with Crippen LogP contribution >= 0.6 is 0 Å². The number of carbonyl (C=O) groups excluding carboxylic acids is 1. The molecule has 0 bridgehead atoms. The summed E-state index contributed by atoms with van der Waals surface area (Å²) in [6.45, 7) is 2.07. The number of methoxy groups -OCH3 is 2. The molecule has 2 aromatic carbocycles. The molecular formula is C20H23NO6. The molecule has 2 rings (SSSR count). The van der Waals surface area contributed by atoms with Gasteiger partial charge in [-0.25, -0.2) is 0 Å². The highest BCUT2D eigenvalue weighted by atomic mass is 16.5. The van der Waals surface area contributed by atoms with E-state index in [0.29, 0.717) is 35.0 Å². The Bertz CT molecular complexity index is 765. The van der Waals surface area contributed by atoms with Gasteiger partial charge < -0.3 is 24.2 Å². The van der Waals surface area contributed by atoms with Crippen LogP contribution in [0.15, 0.2) is 42.5 Å². The van der Waals surface area contributed by atoms with E-state index in [1.165, 1.54) is 19.1 Å². The van der Waals surface area contributed by atoms with E-state index in [0.717, 1.165) is 0 Å². The Kier molecular flexibility index (Phi) is 7.05. The van der Waals surface area contributed by atoms with E-state index in [1.54, 1.807) is 42.5 Å². The number of ether oxygens (including phenoxy) is 3.